The maximum absolute atomic E-state index is 12.3. The SMILES string of the molecule is O=C(CSc1nc(-c2ccncc2)cs1)NCC1CN(Cc2ccc(Cl)c(Cl)c2)CCO1. The Bertz CT molecular complexity index is 1050. The first-order valence-electron chi connectivity index (χ1n) is 10.1. The van der Waals surface area contributed by atoms with Crippen LogP contribution in [0.15, 0.2) is 52.4 Å². The molecule has 0 bridgehead atoms. The molecular weight excluding hydrogens is 487 g/mol. The van der Waals surface area contributed by atoms with Gasteiger partial charge >= 0.3 is 0 Å². The number of carbonyl (C=O) groups is 1. The monoisotopic (exact) mass is 508 g/mol. The summed E-state index contributed by atoms with van der Waals surface area (Å²) in [5, 5.41) is 6.09. The summed E-state index contributed by atoms with van der Waals surface area (Å²) in [5.41, 5.74) is 3.03. The van der Waals surface area contributed by atoms with Crippen molar-refractivity contribution in [2.24, 2.45) is 0 Å². The van der Waals surface area contributed by atoms with Gasteiger partial charge < -0.3 is 10.1 Å². The van der Waals surface area contributed by atoms with Gasteiger partial charge in [-0.1, -0.05) is 41.0 Å². The number of hydrogen-bond donors (Lipinski definition) is 1. The topological polar surface area (TPSA) is 67.4 Å². The van der Waals surface area contributed by atoms with Crippen LogP contribution in [0.5, 0.6) is 0 Å². The van der Waals surface area contributed by atoms with Crippen molar-refractivity contribution in [2.45, 2.75) is 17.0 Å². The fourth-order valence-electron chi connectivity index (χ4n) is 3.33. The molecule has 1 aliphatic rings. The maximum Gasteiger partial charge on any atom is 0.230 e. The Morgan fingerprint density at radius 1 is 1.25 bits per heavy atom. The molecule has 4 rings (SSSR count). The third kappa shape index (κ3) is 6.66. The number of ether oxygens (including phenoxy) is 1. The van der Waals surface area contributed by atoms with Crippen LogP contribution in [0.4, 0.5) is 0 Å². The van der Waals surface area contributed by atoms with E-state index in [1.165, 1.54) is 23.1 Å². The summed E-state index contributed by atoms with van der Waals surface area (Å²) >= 11 is 15.1. The third-order valence-corrected chi connectivity index (χ3v) is 7.69. The summed E-state index contributed by atoms with van der Waals surface area (Å²) in [5.74, 6) is 0.295. The number of nitrogens with one attached hydrogen (secondary N) is 1. The van der Waals surface area contributed by atoms with Gasteiger partial charge in [0.25, 0.3) is 0 Å². The minimum absolute atomic E-state index is 0.0270. The quantitative estimate of drug-likeness (QED) is 0.447. The highest BCUT2D eigenvalue weighted by atomic mass is 35.5. The van der Waals surface area contributed by atoms with Crippen molar-refractivity contribution in [1.29, 1.82) is 0 Å². The van der Waals surface area contributed by atoms with Gasteiger partial charge in [-0.05, 0) is 29.8 Å². The van der Waals surface area contributed by atoms with Crippen LogP contribution in [-0.4, -0.2) is 58.9 Å². The number of carbonyl (C=O) groups excluding carboxylic acids is 1. The second-order valence-electron chi connectivity index (χ2n) is 7.30. The lowest BCUT2D eigenvalue weighted by Crippen LogP contribution is -2.47. The molecule has 0 spiro atoms. The molecule has 1 aliphatic heterocycles. The van der Waals surface area contributed by atoms with Gasteiger partial charge in [-0.15, -0.1) is 11.3 Å². The second kappa shape index (κ2) is 11.4. The fourth-order valence-corrected chi connectivity index (χ4v) is 5.31. The number of thiazole rings is 1. The molecule has 1 amide bonds. The molecule has 0 saturated carbocycles. The highest BCUT2D eigenvalue weighted by Gasteiger charge is 2.21. The summed E-state index contributed by atoms with van der Waals surface area (Å²) in [6.07, 6.45) is 3.45. The number of amides is 1. The minimum Gasteiger partial charge on any atom is -0.374 e. The summed E-state index contributed by atoms with van der Waals surface area (Å²) in [6, 6.07) is 9.54. The molecule has 168 valence electrons. The molecule has 3 heterocycles. The second-order valence-corrected chi connectivity index (χ2v) is 10.2. The van der Waals surface area contributed by atoms with E-state index in [1.54, 1.807) is 12.4 Å². The Hall–Kier alpha value is -1.68. The van der Waals surface area contributed by atoms with Crippen molar-refractivity contribution in [3.8, 4) is 11.3 Å². The molecule has 0 radical (unpaired) electrons. The Kier molecular flexibility index (Phi) is 8.40. The van der Waals surface area contributed by atoms with Crippen LogP contribution in [0.3, 0.4) is 0 Å². The van der Waals surface area contributed by atoms with E-state index in [2.05, 4.69) is 20.2 Å². The van der Waals surface area contributed by atoms with Crippen LogP contribution in [0, 0.1) is 0 Å². The molecule has 1 N–H and O–H groups in total. The first-order chi connectivity index (χ1) is 15.6. The minimum atomic E-state index is -0.0429. The van der Waals surface area contributed by atoms with Crippen LogP contribution in [0.2, 0.25) is 10.0 Å². The fraction of sp³-hybridized carbons (Fsp3) is 0.318. The van der Waals surface area contributed by atoms with Gasteiger partial charge in [-0.2, -0.15) is 0 Å². The van der Waals surface area contributed by atoms with Crippen LogP contribution < -0.4 is 5.32 Å². The number of pyridine rings is 1. The predicted octanol–water partition coefficient (Wildman–Crippen LogP) is 4.62. The summed E-state index contributed by atoms with van der Waals surface area (Å²) in [6.45, 7) is 3.47. The highest BCUT2D eigenvalue weighted by Crippen LogP contribution is 2.28. The van der Waals surface area contributed by atoms with Gasteiger partial charge in [0.05, 0.1) is 34.2 Å². The van der Waals surface area contributed by atoms with Crippen molar-refractivity contribution in [3.63, 3.8) is 0 Å². The number of benzene rings is 1. The molecule has 0 aliphatic carbocycles. The number of hydrogen-bond acceptors (Lipinski definition) is 7. The Balaban J connectivity index is 1.20. The predicted molar refractivity (Wildman–Crippen MR) is 131 cm³/mol. The molecule has 1 unspecified atom stereocenters. The smallest absolute Gasteiger partial charge is 0.230 e. The van der Waals surface area contributed by atoms with Crippen molar-refractivity contribution >= 4 is 52.2 Å². The highest BCUT2D eigenvalue weighted by molar-refractivity contribution is 8.01. The van der Waals surface area contributed by atoms with Crippen molar-refractivity contribution in [3.05, 3.63) is 63.7 Å². The number of nitrogens with zero attached hydrogens (tertiary/aromatic N) is 3. The largest absolute Gasteiger partial charge is 0.374 e. The first-order valence-corrected chi connectivity index (χ1v) is 12.7. The number of halogens is 2. The Morgan fingerprint density at radius 3 is 2.91 bits per heavy atom. The van der Waals surface area contributed by atoms with Gasteiger partial charge in [0.2, 0.25) is 5.91 Å². The molecule has 6 nitrogen and oxygen atoms in total. The van der Waals surface area contributed by atoms with Gasteiger partial charge in [-0.25, -0.2) is 4.98 Å². The van der Waals surface area contributed by atoms with E-state index in [1.807, 2.05) is 35.7 Å². The van der Waals surface area contributed by atoms with E-state index < -0.39 is 0 Å². The lowest BCUT2D eigenvalue weighted by molar-refractivity contribution is -0.119. The number of morpholine rings is 1. The third-order valence-electron chi connectivity index (χ3n) is 4.93. The van der Waals surface area contributed by atoms with E-state index in [-0.39, 0.29) is 12.0 Å². The van der Waals surface area contributed by atoms with Crippen molar-refractivity contribution in [2.75, 3.05) is 32.0 Å². The Morgan fingerprint density at radius 2 is 2.09 bits per heavy atom. The van der Waals surface area contributed by atoms with Gasteiger partial charge in [0, 0.05) is 49.5 Å². The number of aromatic nitrogens is 2. The van der Waals surface area contributed by atoms with Crippen LogP contribution in [0.25, 0.3) is 11.3 Å². The average molecular weight is 509 g/mol. The average Bonchev–Trinajstić information content (AvgIpc) is 3.29. The molecular formula is C22H22Cl2N4O2S2. The number of rotatable bonds is 8. The Labute approximate surface area is 205 Å². The molecule has 1 saturated heterocycles. The molecule has 32 heavy (non-hydrogen) atoms. The molecule has 2 aromatic heterocycles. The summed E-state index contributed by atoms with van der Waals surface area (Å²) in [4.78, 5) is 23.2. The number of thioether (sulfide) groups is 1. The van der Waals surface area contributed by atoms with E-state index in [4.69, 9.17) is 27.9 Å². The standard InChI is InChI=1S/C22H22Cl2N4O2S2/c23-18-2-1-15(9-19(18)24)11-28-7-8-30-17(12-28)10-26-21(29)14-32-22-27-20(13-31-22)16-3-5-25-6-4-16/h1-6,9,13,17H,7-8,10-12,14H2,(H,26,29). The van der Waals surface area contributed by atoms with Gasteiger partial charge in [-0.3, -0.25) is 14.7 Å². The van der Waals surface area contributed by atoms with E-state index >= 15 is 0 Å². The first kappa shape index (κ1) is 23.5. The zero-order valence-electron chi connectivity index (χ0n) is 17.2. The lowest BCUT2D eigenvalue weighted by Gasteiger charge is -2.33. The van der Waals surface area contributed by atoms with Gasteiger partial charge in [0.1, 0.15) is 0 Å². The van der Waals surface area contributed by atoms with E-state index in [0.717, 1.165) is 40.8 Å². The molecule has 3 aromatic rings. The van der Waals surface area contributed by atoms with Gasteiger partial charge in [0.15, 0.2) is 4.34 Å². The molecule has 1 atom stereocenters. The van der Waals surface area contributed by atoms with E-state index in [0.29, 0.717) is 28.9 Å². The van der Waals surface area contributed by atoms with Crippen molar-refractivity contribution < 1.29 is 9.53 Å². The molecule has 1 aromatic carbocycles. The zero-order chi connectivity index (χ0) is 22.3. The summed E-state index contributed by atoms with van der Waals surface area (Å²) < 4.78 is 6.70. The molecule has 10 heteroatoms. The van der Waals surface area contributed by atoms with Crippen molar-refractivity contribution in [1.82, 2.24) is 20.2 Å². The van der Waals surface area contributed by atoms with E-state index in [9.17, 15) is 4.79 Å². The van der Waals surface area contributed by atoms with Crippen LogP contribution in [-0.2, 0) is 16.1 Å². The molecule has 1 fully saturated rings. The van der Waals surface area contributed by atoms with Crippen LogP contribution >= 0.6 is 46.3 Å². The zero-order valence-corrected chi connectivity index (χ0v) is 20.3. The lowest BCUT2D eigenvalue weighted by atomic mass is 10.2. The normalized spacial score (nSPS) is 16.8. The summed E-state index contributed by atoms with van der Waals surface area (Å²) in [7, 11) is 0. The maximum atomic E-state index is 12.3. The van der Waals surface area contributed by atoms with Crippen LogP contribution in [0.1, 0.15) is 5.56 Å².